The molecule has 0 atom stereocenters. The number of fused-ring (bicyclic) bond motifs is 1. The third-order valence-electron chi connectivity index (χ3n) is 5.71. The largest absolute Gasteiger partial charge is 0.274 e. The van der Waals surface area contributed by atoms with Crippen LogP contribution in [0, 0.1) is 0 Å². The van der Waals surface area contributed by atoms with Crippen LogP contribution in [-0.4, -0.2) is 29.1 Å². The van der Waals surface area contributed by atoms with Gasteiger partial charge in [-0.3, -0.25) is 14.5 Å². The van der Waals surface area contributed by atoms with Crippen molar-refractivity contribution in [1.82, 2.24) is 10.2 Å². The molecule has 0 fully saturated rings. The number of aliphatic imine (C=N–C) groups is 1. The Labute approximate surface area is 187 Å². The molecule has 0 saturated heterocycles. The third-order valence-corrected chi connectivity index (χ3v) is 5.71. The molecule has 1 radical (unpaired) electrons. The number of carbonyl (C=O) groups is 2. The fourth-order valence-electron chi connectivity index (χ4n) is 4.09. The number of hydrogen-bond acceptors (Lipinski definition) is 3. The summed E-state index contributed by atoms with van der Waals surface area (Å²) in [6.07, 6.45) is 2.19. The highest BCUT2D eigenvalue weighted by Crippen LogP contribution is 2.31. The molecule has 0 spiro atoms. The molecular weight excluding hydrogens is 398 g/mol. The van der Waals surface area contributed by atoms with E-state index in [9.17, 15) is 9.59 Å². The molecule has 0 bridgehead atoms. The minimum absolute atomic E-state index is 0.201. The number of carbonyl (C=O) groups excluding carboxylic acids is 2. The van der Waals surface area contributed by atoms with Crippen molar-refractivity contribution in [3.05, 3.63) is 107 Å². The molecule has 157 valence electrons. The predicted octanol–water partition coefficient (Wildman–Crippen LogP) is 5.00. The van der Waals surface area contributed by atoms with Crippen molar-refractivity contribution in [2.24, 2.45) is 4.99 Å². The van der Waals surface area contributed by atoms with Gasteiger partial charge in [-0.1, -0.05) is 72.8 Å². The van der Waals surface area contributed by atoms with Crippen LogP contribution in [0.2, 0.25) is 0 Å². The molecule has 5 nitrogen and oxygen atoms in total. The quantitative estimate of drug-likeness (QED) is 0.399. The SMILES string of the molecule is O=C1c2ccccc2C(=O)N1CCCCC1=NC(c2ccccc2)=C(c2ccccc2)[N]1. The third kappa shape index (κ3) is 3.73. The van der Waals surface area contributed by atoms with Gasteiger partial charge in [-0.25, -0.2) is 10.3 Å². The van der Waals surface area contributed by atoms with Crippen molar-refractivity contribution in [3.8, 4) is 0 Å². The molecule has 2 amide bonds. The Morgan fingerprint density at radius 2 is 1.16 bits per heavy atom. The van der Waals surface area contributed by atoms with Crippen LogP contribution in [0.25, 0.3) is 11.4 Å². The number of nitrogens with zero attached hydrogens (tertiary/aromatic N) is 3. The van der Waals surface area contributed by atoms with Crippen molar-refractivity contribution >= 4 is 29.0 Å². The molecule has 32 heavy (non-hydrogen) atoms. The summed E-state index contributed by atoms with van der Waals surface area (Å²) >= 11 is 0. The second kappa shape index (κ2) is 8.63. The van der Waals surface area contributed by atoms with Crippen molar-refractivity contribution in [3.63, 3.8) is 0 Å². The second-order valence-electron chi connectivity index (χ2n) is 7.83. The van der Waals surface area contributed by atoms with E-state index < -0.39 is 0 Å². The lowest BCUT2D eigenvalue weighted by Gasteiger charge is -2.13. The zero-order chi connectivity index (χ0) is 21.9. The van der Waals surface area contributed by atoms with E-state index >= 15 is 0 Å². The van der Waals surface area contributed by atoms with Crippen LogP contribution in [0.3, 0.4) is 0 Å². The molecule has 3 aromatic carbocycles. The molecule has 2 aliphatic heterocycles. The first-order chi connectivity index (χ1) is 15.7. The van der Waals surface area contributed by atoms with Gasteiger partial charge < -0.3 is 0 Å². The first-order valence-electron chi connectivity index (χ1n) is 10.8. The summed E-state index contributed by atoms with van der Waals surface area (Å²) in [5.41, 5.74) is 4.83. The van der Waals surface area contributed by atoms with Crippen LogP contribution >= 0.6 is 0 Å². The smallest absolute Gasteiger partial charge is 0.261 e. The second-order valence-corrected chi connectivity index (χ2v) is 7.83. The predicted molar refractivity (Wildman–Crippen MR) is 125 cm³/mol. The fourth-order valence-corrected chi connectivity index (χ4v) is 4.09. The Morgan fingerprint density at radius 3 is 1.75 bits per heavy atom. The molecule has 5 heteroatoms. The number of amidine groups is 1. The lowest BCUT2D eigenvalue weighted by atomic mass is 10.1. The number of amides is 2. The summed E-state index contributed by atoms with van der Waals surface area (Å²) in [5, 5.41) is 4.83. The Kier molecular flexibility index (Phi) is 5.38. The summed E-state index contributed by atoms with van der Waals surface area (Å²) in [4.78, 5) is 31.2. The number of imide groups is 1. The normalized spacial score (nSPS) is 15.1. The summed E-state index contributed by atoms with van der Waals surface area (Å²) in [6, 6.07) is 27.2. The highest BCUT2D eigenvalue weighted by molar-refractivity contribution is 6.21. The van der Waals surface area contributed by atoms with Gasteiger partial charge in [-0.15, -0.1) is 0 Å². The van der Waals surface area contributed by atoms with Crippen LogP contribution < -0.4 is 5.32 Å². The lowest BCUT2D eigenvalue weighted by Crippen LogP contribution is -2.30. The first-order valence-corrected chi connectivity index (χ1v) is 10.8. The maximum atomic E-state index is 12.5. The summed E-state index contributed by atoms with van der Waals surface area (Å²) in [6.45, 7) is 0.407. The minimum Gasteiger partial charge on any atom is -0.274 e. The van der Waals surface area contributed by atoms with Crippen LogP contribution in [0.15, 0.2) is 89.9 Å². The molecule has 5 rings (SSSR count). The van der Waals surface area contributed by atoms with Gasteiger partial charge in [0.05, 0.1) is 22.5 Å². The number of unbranched alkanes of at least 4 members (excludes halogenated alkanes) is 1. The maximum Gasteiger partial charge on any atom is 0.261 e. The lowest BCUT2D eigenvalue weighted by molar-refractivity contribution is 0.0652. The van der Waals surface area contributed by atoms with E-state index in [4.69, 9.17) is 10.3 Å². The summed E-state index contributed by atoms with van der Waals surface area (Å²) in [5.74, 6) is 0.380. The zero-order valence-corrected chi connectivity index (χ0v) is 17.6. The molecule has 0 saturated carbocycles. The Bertz CT molecular complexity index is 1200. The van der Waals surface area contributed by atoms with Crippen LogP contribution in [-0.2, 0) is 0 Å². The van der Waals surface area contributed by atoms with E-state index in [1.165, 1.54) is 4.90 Å². The number of hydrogen-bond donors (Lipinski definition) is 0. The molecule has 0 N–H and O–H groups in total. The summed E-state index contributed by atoms with van der Waals surface area (Å²) in [7, 11) is 0. The number of rotatable bonds is 7. The van der Waals surface area contributed by atoms with E-state index in [0.717, 1.165) is 34.8 Å². The number of benzene rings is 3. The molecule has 0 aromatic heterocycles. The molecular formula is C27H22N3O2. The van der Waals surface area contributed by atoms with Crippen molar-refractivity contribution in [1.29, 1.82) is 0 Å². The molecule has 2 heterocycles. The van der Waals surface area contributed by atoms with Gasteiger partial charge in [0.2, 0.25) is 0 Å². The Morgan fingerprint density at radius 1 is 0.625 bits per heavy atom. The standard InChI is InChI=1S/C27H22N3O2/c31-26-21-15-7-8-16-22(21)27(32)30(26)18-10-9-17-23-28-24(19-11-3-1-4-12-19)25(29-23)20-13-5-2-6-14-20/h1-8,11-16H,9-10,17-18H2. The Hall–Kier alpha value is -3.99. The molecule has 0 aliphatic carbocycles. The van der Waals surface area contributed by atoms with Crippen molar-refractivity contribution in [2.45, 2.75) is 19.3 Å². The van der Waals surface area contributed by atoms with Crippen LogP contribution in [0.5, 0.6) is 0 Å². The topological polar surface area (TPSA) is 63.8 Å². The molecule has 2 aliphatic rings. The highest BCUT2D eigenvalue weighted by Gasteiger charge is 2.34. The van der Waals surface area contributed by atoms with Gasteiger partial charge >= 0.3 is 0 Å². The molecule has 3 aromatic rings. The van der Waals surface area contributed by atoms with Gasteiger partial charge in [0, 0.05) is 24.1 Å². The Balaban J connectivity index is 1.24. The first kappa shape index (κ1) is 19.9. The fraction of sp³-hybridized carbons (Fsp3) is 0.148. The van der Waals surface area contributed by atoms with E-state index in [1.54, 1.807) is 24.3 Å². The van der Waals surface area contributed by atoms with E-state index in [0.29, 0.717) is 30.5 Å². The summed E-state index contributed by atoms with van der Waals surface area (Å²) < 4.78 is 0. The van der Waals surface area contributed by atoms with E-state index in [2.05, 4.69) is 0 Å². The molecule has 0 unspecified atom stereocenters. The van der Waals surface area contributed by atoms with Gasteiger partial charge in [-0.05, 0) is 25.0 Å². The van der Waals surface area contributed by atoms with Crippen LogP contribution in [0.1, 0.15) is 51.1 Å². The van der Waals surface area contributed by atoms with Gasteiger partial charge in [0.1, 0.15) is 5.84 Å². The van der Waals surface area contributed by atoms with Crippen LogP contribution in [0.4, 0.5) is 0 Å². The van der Waals surface area contributed by atoms with Gasteiger partial charge in [0.15, 0.2) is 0 Å². The maximum absolute atomic E-state index is 12.5. The van der Waals surface area contributed by atoms with Gasteiger partial charge in [0.25, 0.3) is 11.8 Å². The zero-order valence-electron chi connectivity index (χ0n) is 17.6. The van der Waals surface area contributed by atoms with E-state index in [-0.39, 0.29) is 11.8 Å². The average Bonchev–Trinajstić information content (AvgIpc) is 3.38. The highest BCUT2D eigenvalue weighted by atomic mass is 16.2. The average molecular weight is 420 g/mol. The van der Waals surface area contributed by atoms with Gasteiger partial charge in [-0.2, -0.15) is 0 Å². The monoisotopic (exact) mass is 420 g/mol. The van der Waals surface area contributed by atoms with Crippen molar-refractivity contribution < 1.29 is 9.59 Å². The van der Waals surface area contributed by atoms with E-state index in [1.807, 2.05) is 60.7 Å². The van der Waals surface area contributed by atoms with Crippen molar-refractivity contribution in [2.75, 3.05) is 6.54 Å². The minimum atomic E-state index is -0.201.